The summed E-state index contributed by atoms with van der Waals surface area (Å²) < 4.78 is 55.4. The first-order chi connectivity index (χ1) is 10.3. The fraction of sp³-hybridized carbons (Fsp3) is 0.0714. The number of halogens is 3. The van der Waals surface area contributed by atoms with Crippen LogP contribution < -0.4 is 4.74 Å². The Balaban J connectivity index is 2.07. The lowest BCUT2D eigenvalue weighted by Gasteiger charge is -2.10. The molecule has 1 heterocycles. The molecule has 0 radical (unpaired) electrons. The smallest absolute Gasteiger partial charge is 0.186 e. The third-order valence-electron chi connectivity index (χ3n) is 3.07. The van der Waals surface area contributed by atoms with Crippen molar-refractivity contribution in [1.29, 1.82) is 0 Å². The van der Waals surface area contributed by atoms with Crippen molar-refractivity contribution < 1.29 is 26.7 Å². The van der Waals surface area contributed by atoms with E-state index in [4.69, 9.17) is 4.74 Å². The number of carbonyl (C=O) groups is 1. The Kier molecular flexibility index (Phi) is 3.53. The summed E-state index contributed by atoms with van der Waals surface area (Å²) in [6, 6.07) is 5.20. The van der Waals surface area contributed by atoms with Crippen molar-refractivity contribution in [2.45, 2.75) is 4.90 Å². The van der Waals surface area contributed by atoms with Gasteiger partial charge in [0.2, 0.25) is 0 Å². The molecule has 4 nitrogen and oxygen atoms in total. The van der Waals surface area contributed by atoms with E-state index in [1.54, 1.807) is 0 Å². The fourth-order valence-corrected chi connectivity index (χ4v) is 4.40. The molecule has 0 saturated heterocycles. The van der Waals surface area contributed by atoms with Crippen molar-refractivity contribution in [3.63, 3.8) is 0 Å². The van der Waals surface area contributed by atoms with Gasteiger partial charge in [0.15, 0.2) is 15.6 Å². The monoisotopic (exact) mass is 388 g/mol. The number of Topliss-reactive ketones (excluding diaryl/α,β-unsaturated/α-hetero) is 1. The van der Waals surface area contributed by atoms with E-state index in [9.17, 15) is 22.0 Å². The molecule has 0 atom stereocenters. The minimum atomic E-state index is -3.64. The number of hydrogen-bond acceptors (Lipinski definition) is 4. The Labute approximate surface area is 132 Å². The highest BCUT2D eigenvalue weighted by Gasteiger charge is 2.36. The molecule has 114 valence electrons. The third kappa shape index (κ3) is 2.52. The summed E-state index contributed by atoms with van der Waals surface area (Å²) in [7, 11) is -3.64. The SMILES string of the molecule is O=C1CS(=O)(=O)c2ccc(Oc3cc(F)cc(F)c3)c(Br)c21. The number of fused-ring (bicyclic) bond motifs is 1. The fourth-order valence-electron chi connectivity index (χ4n) is 2.17. The predicted octanol–water partition coefficient (Wildman–Crippen LogP) is 3.49. The van der Waals surface area contributed by atoms with E-state index in [1.807, 2.05) is 0 Å². The number of benzene rings is 2. The van der Waals surface area contributed by atoms with Crippen molar-refractivity contribution in [2.24, 2.45) is 0 Å². The first-order valence-corrected chi connectivity index (χ1v) is 8.45. The van der Waals surface area contributed by atoms with Crippen LogP contribution in [0.25, 0.3) is 0 Å². The largest absolute Gasteiger partial charge is 0.456 e. The van der Waals surface area contributed by atoms with Crippen molar-refractivity contribution in [3.05, 3.63) is 52.0 Å². The molecule has 2 aromatic carbocycles. The lowest BCUT2D eigenvalue weighted by molar-refractivity contribution is 0.102. The molecule has 0 N–H and O–H groups in total. The van der Waals surface area contributed by atoms with Crippen LogP contribution in [0.5, 0.6) is 11.5 Å². The second kappa shape index (κ2) is 5.13. The molecule has 0 amide bonds. The summed E-state index contributed by atoms with van der Waals surface area (Å²) in [6.07, 6.45) is 0. The van der Waals surface area contributed by atoms with Crippen LogP contribution in [0.2, 0.25) is 0 Å². The molecule has 0 unspecified atom stereocenters. The molecular weight excluding hydrogens is 382 g/mol. The minimum absolute atomic E-state index is 0.00521. The van der Waals surface area contributed by atoms with Gasteiger partial charge >= 0.3 is 0 Å². The van der Waals surface area contributed by atoms with Gasteiger partial charge in [-0.3, -0.25) is 4.79 Å². The van der Waals surface area contributed by atoms with Gasteiger partial charge in [-0.15, -0.1) is 0 Å². The van der Waals surface area contributed by atoms with E-state index < -0.39 is 33.0 Å². The molecule has 0 bridgehead atoms. The molecule has 0 saturated carbocycles. The zero-order valence-electron chi connectivity index (χ0n) is 10.8. The van der Waals surface area contributed by atoms with Crippen molar-refractivity contribution >= 4 is 31.6 Å². The van der Waals surface area contributed by atoms with Gasteiger partial charge in [-0.2, -0.15) is 0 Å². The second-order valence-corrected chi connectivity index (χ2v) is 7.39. The van der Waals surface area contributed by atoms with Crippen LogP contribution in [-0.2, 0) is 9.84 Å². The quantitative estimate of drug-likeness (QED) is 0.789. The summed E-state index contributed by atoms with van der Waals surface area (Å²) in [5.41, 5.74) is -0.00521. The highest BCUT2D eigenvalue weighted by Crippen LogP contribution is 2.39. The molecule has 8 heteroatoms. The van der Waals surface area contributed by atoms with Gasteiger partial charge in [0, 0.05) is 18.2 Å². The van der Waals surface area contributed by atoms with E-state index in [-0.39, 0.29) is 26.4 Å². The van der Waals surface area contributed by atoms with Gasteiger partial charge in [0.25, 0.3) is 0 Å². The maximum absolute atomic E-state index is 13.1. The summed E-state index contributed by atoms with van der Waals surface area (Å²) in [4.78, 5) is 11.7. The third-order valence-corrected chi connectivity index (χ3v) is 5.51. The zero-order chi connectivity index (χ0) is 16.1. The highest BCUT2D eigenvalue weighted by molar-refractivity contribution is 9.10. The Hall–Kier alpha value is -1.80. The number of sulfone groups is 1. The standard InChI is InChI=1S/C14H7BrF2O4S/c15-14-11(21-9-4-7(16)3-8(17)5-9)1-2-12-13(14)10(18)6-22(12,19)20/h1-5H,6H2. The van der Waals surface area contributed by atoms with Crippen LogP contribution in [0.1, 0.15) is 10.4 Å². The molecule has 22 heavy (non-hydrogen) atoms. The first-order valence-electron chi connectivity index (χ1n) is 6.00. The van der Waals surface area contributed by atoms with Crippen molar-refractivity contribution in [2.75, 3.05) is 5.75 Å². The van der Waals surface area contributed by atoms with Crippen LogP contribution in [0.3, 0.4) is 0 Å². The molecule has 3 rings (SSSR count). The van der Waals surface area contributed by atoms with Crippen LogP contribution in [-0.4, -0.2) is 20.0 Å². The van der Waals surface area contributed by atoms with E-state index >= 15 is 0 Å². The van der Waals surface area contributed by atoms with Crippen molar-refractivity contribution in [1.82, 2.24) is 0 Å². The summed E-state index contributed by atoms with van der Waals surface area (Å²) in [6.45, 7) is 0. The number of ether oxygens (including phenoxy) is 1. The topological polar surface area (TPSA) is 60.4 Å². The van der Waals surface area contributed by atoms with Crippen LogP contribution >= 0.6 is 15.9 Å². The lowest BCUT2D eigenvalue weighted by atomic mass is 10.1. The van der Waals surface area contributed by atoms with Crippen LogP contribution in [0.4, 0.5) is 8.78 Å². The van der Waals surface area contributed by atoms with Crippen LogP contribution in [0, 0.1) is 11.6 Å². The first kappa shape index (κ1) is 15.1. The maximum atomic E-state index is 13.1. The van der Waals surface area contributed by atoms with E-state index in [2.05, 4.69) is 15.9 Å². The molecular formula is C14H7BrF2O4S. The summed E-state index contributed by atoms with van der Waals surface area (Å²) in [5, 5.41) is 0. The molecule has 0 fully saturated rings. The molecule has 1 aliphatic rings. The Morgan fingerprint density at radius 1 is 1.09 bits per heavy atom. The number of ketones is 1. The number of hydrogen-bond donors (Lipinski definition) is 0. The Bertz CT molecular complexity index is 889. The summed E-state index contributed by atoms with van der Waals surface area (Å²) >= 11 is 3.12. The van der Waals surface area contributed by atoms with E-state index in [0.29, 0.717) is 6.07 Å². The minimum Gasteiger partial charge on any atom is -0.456 e. The number of rotatable bonds is 2. The lowest BCUT2D eigenvalue weighted by Crippen LogP contribution is -2.03. The summed E-state index contributed by atoms with van der Waals surface area (Å²) in [5.74, 6) is -2.80. The average Bonchev–Trinajstić information content (AvgIpc) is 2.62. The molecule has 2 aromatic rings. The maximum Gasteiger partial charge on any atom is 0.186 e. The van der Waals surface area contributed by atoms with Gasteiger partial charge < -0.3 is 4.74 Å². The average molecular weight is 389 g/mol. The van der Waals surface area contributed by atoms with E-state index in [1.165, 1.54) is 12.1 Å². The zero-order valence-corrected chi connectivity index (χ0v) is 13.2. The molecule has 0 aromatic heterocycles. The van der Waals surface area contributed by atoms with E-state index in [0.717, 1.165) is 12.1 Å². The van der Waals surface area contributed by atoms with Gasteiger partial charge in [-0.05, 0) is 28.1 Å². The normalized spacial score (nSPS) is 15.7. The molecule has 0 aliphatic carbocycles. The van der Waals surface area contributed by atoms with Gasteiger partial charge in [0.05, 0.1) is 14.9 Å². The second-order valence-electron chi connectivity index (χ2n) is 4.64. The Morgan fingerprint density at radius 3 is 2.36 bits per heavy atom. The number of carbonyl (C=O) groups excluding carboxylic acids is 1. The molecule has 1 aliphatic heterocycles. The Morgan fingerprint density at radius 2 is 1.73 bits per heavy atom. The van der Waals surface area contributed by atoms with Crippen LogP contribution in [0.15, 0.2) is 39.7 Å². The predicted molar refractivity (Wildman–Crippen MR) is 77.0 cm³/mol. The van der Waals surface area contributed by atoms with Crippen molar-refractivity contribution in [3.8, 4) is 11.5 Å². The molecule has 0 spiro atoms. The van der Waals surface area contributed by atoms with Gasteiger partial charge in [-0.25, -0.2) is 17.2 Å². The van der Waals surface area contributed by atoms with Gasteiger partial charge in [0.1, 0.15) is 28.9 Å². The van der Waals surface area contributed by atoms with Gasteiger partial charge in [-0.1, -0.05) is 0 Å². The highest BCUT2D eigenvalue weighted by atomic mass is 79.9.